The fourth-order valence-corrected chi connectivity index (χ4v) is 3.55. The Morgan fingerprint density at radius 1 is 1.14 bits per heavy atom. The molecule has 0 bridgehead atoms. The van der Waals surface area contributed by atoms with E-state index in [9.17, 15) is 4.79 Å². The average Bonchev–Trinajstić information content (AvgIpc) is 3.08. The van der Waals surface area contributed by atoms with Crippen LogP contribution in [0.15, 0.2) is 42.5 Å². The van der Waals surface area contributed by atoms with Crippen LogP contribution >= 0.6 is 11.3 Å². The van der Waals surface area contributed by atoms with Crippen LogP contribution in [0.2, 0.25) is 0 Å². The van der Waals surface area contributed by atoms with E-state index >= 15 is 0 Å². The van der Waals surface area contributed by atoms with Crippen LogP contribution in [0.25, 0.3) is 0 Å². The first-order chi connectivity index (χ1) is 13.4. The van der Waals surface area contributed by atoms with E-state index in [1.165, 1.54) is 11.3 Å². The molecule has 0 spiro atoms. The second kappa shape index (κ2) is 8.84. The average molecular weight is 397 g/mol. The van der Waals surface area contributed by atoms with Gasteiger partial charge in [-0.05, 0) is 55.3 Å². The number of aryl methyl sites for hydroxylation is 2. The number of rotatable bonds is 7. The van der Waals surface area contributed by atoms with Crippen LogP contribution in [0.4, 0.5) is 10.8 Å². The Balaban J connectivity index is 1.55. The largest absolute Gasteiger partial charge is 0.493 e. The van der Waals surface area contributed by atoms with Crippen LogP contribution < -0.4 is 15.0 Å². The van der Waals surface area contributed by atoms with Gasteiger partial charge in [0.1, 0.15) is 10.8 Å². The van der Waals surface area contributed by atoms with Crippen LogP contribution in [0.5, 0.6) is 5.75 Å². The summed E-state index contributed by atoms with van der Waals surface area (Å²) in [4.78, 5) is 14.5. The predicted molar refractivity (Wildman–Crippen MR) is 114 cm³/mol. The Morgan fingerprint density at radius 2 is 1.96 bits per heavy atom. The molecule has 1 amide bonds. The van der Waals surface area contributed by atoms with Crippen molar-refractivity contribution in [1.29, 1.82) is 0 Å². The van der Waals surface area contributed by atoms with Crippen molar-refractivity contribution in [2.75, 3.05) is 30.9 Å². The number of carbonyl (C=O) groups excluding carboxylic acids is 1. The molecule has 0 atom stereocenters. The number of anilines is 2. The summed E-state index contributed by atoms with van der Waals surface area (Å²) >= 11 is 1.36. The molecule has 1 aromatic heterocycles. The van der Waals surface area contributed by atoms with E-state index in [0.717, 1.165) is 27.6 Å². The van der Waals surface area contributed by atoms with E-state index in [-0.39, 0.29) is 5.91 Å². The molecule has 2 aromatic carbocycles. The van der Waals surface area contributed by atoms with Gasteiger partial charge in [-0.1, -0.05) is 23.5 Å². The summed E-state index contributed by atoms with van der Waals surface area (Å²) in [5.41, 5.74) is 3.89. The van der Waals surface area contributed by atoms with Gasteiger partial charge in [-0.15, -0.1) is 10.2 Å². The van der Waals surface area contributed by atoms with Gasteiger partial charge in [0, 0.05) is 31.8 Å². The van der Waals surface area contributed by atoms with Gasteiger partial charge in [0.15, 0.2) is 0 Å². The summed E-state index contributed by atoms with van der Waals surface area (Å²) in [6, 6.07) is 13.6. The number of aromatic nitrogens is 2. The van der Waals surface area contributed by atoms with Gasteiger partial charge >= 0.3 is 0 Å². The normalized spacial score (nSPS) is 10.6. The van der Waals surface area contributed by atoms with Crippen molar-refractivity contribution in [2.45, 2.75) is 20.3 Å². The van der Waals surface area contributed by atoms with Gasteiger partial charge in [-0.25, -0.2) is 0 Å². The molecule has 0 saturated heterocycles. The second-order valence-electron chi connectivity index (χ2n) is 6.77. The van der Waals surface area contributed by atoms with E-state index in [2.05, 4.69) is 15.5 Å². The molecule has 1 heterocycles. The number of nitrogens with zero attached hydrogens (tertiary/aromatic N) is 3. The maximum Gasteiger partial charge on any atom is 0.257 e. The number of hydrogen-bond donors (Lipinski definition) is 1. The van der Waals surface area contributed by atoms with Crippen LogP contribution in [0.3, 0.4) is 0 Å². The zero-order chi connectivity index (χ0) is 20.1. The smallest absolute Gasteiger partial charge is 0.257 e. The molecule has 0 radical (unpaired) electrons. The number of amides is 1. The minimum Gasteiger partial charge on any atom is -0.493 e. The number of benzene rings is 2. The first kappa shape index (κ1) is 19.8. The Morgan fingerprint density at radius 3 is 2.68 bits per heavy atom. The number of ether oxygens (including phenoxy) is 1. The highest BCUT2D eigenvalue weighted by Gasteiger charge is 2.12. The Kier molecular flexibility index (Phi) is 6.26. The topological polar surface area (TPSA) is 67.4 Å². The minimum atomic E-state index is -0.188. The summed E-state index contributed by atoms with van der Waals surface area (Å²) < 4.78 is 5.74. The number of nitrogens with one attached hydrogen (secondary N) is 1. The summed E-state index contributed by atoms with van der Waals surface area (Å²) in [5, 5.41) is 12.3. The molecule has 0 fully saturated rings. The van der Waals surface area contributed by atoms with Gasteiger partial charge < -0.3 is 9.64 Å². The molecule has 7 heteroatoms. The van der Waals surface area contributed by atoms with Gasteiger partial charge in [0.2, 0.25) is 5.13 Å². The van der Waals surface area contributed by atoms with Crippen LogP contribution in [0, 0.1) is 13.8 Å². The van der Waals surface area contributed by atoms with E-state index < -0.39 is 0 Å². The third-order valence-corrected chi connectivity index (χ3v) is 5.10. The molecule has 3 rings (SSSR count). The van der Waals surface area contributed by atoms with Crippen LogP contribution in [-0.2, 0) is 6.42 Å². The van der Waals surface area contributed by atoms with Gasteiger partial charge in [0.25, 0.3) is 5.91 Å². The summed E-state index contributed by atoms with van der Waals surface area (Å²) in [6.45, 7) is 4.53. The Bertz CT molecular complexity index is 969. The van der Waals surface area contributed by atoms with Crippen molar-refractivity contribution in [3.05, 3.63) is 64.2 Å². The fraction of sp³-hybridized carbons (Fsp3) is 0.286. The molecular weight excluding hydrogens is 372 g/mol. The standard InChI is InChI=1S/C21H24N4O2S/c1-14-6-5-7-17(12-14)27-11-10-19-23-24-21(28-19)22-20(26)16-8-9-18(25(3)4)15(2)13-16/h5-9,12-13H,10-11H2,1-4H3,(H,22,24,26). The highest BCUT2D eigenvalue weighted by molar-refractivity contribution is 7.15. The van der Waals surface area contributed by atoms with Crippen molar-refractivity contribution in [2.24, 2.45) is 0 Å². The van der Waals surface area contributed by atoms with Gasteiger partial charge in [-0.3, -0.25) is 10.1 Å². The SMILES string of the molecule is Cc1cccc(OCCc2nnc(NC(=O)c3ccc(N(C)C)c(C)c3)s2)c1. The van der Waals surface area contributed by atoms with Crippen LogP contribution in [-0.4, -0.2) is 36.8 Å². The molecule has 6 nitrogen and oxygen atoms in total. The number of hydrogen-bond acceptors (Lipinski definition) is 6. The fourth-order valence-electron chi connectivity index (χ4n) is 2.83. The number of carbonyl (C=O) groups is 1. The summed E-state index contributed by atoms with van der Waals surface area (Å²) in [5.74, 6) is 0.654. The Labute approximate surface area is 169 Å². The first-order valence-electron chi connectivity index (χ1n) is 9.03. The zero-order valence-corrected chi connectivity index (χ0v) is 17.3. The highest BCUT2D eigenvalue weighted by atomic mass is 32.1. The minimum absolute atomic E-state index is 0.188. The maximum absolute atomic E-state index is 12.5. The third-order valence-electron chi connectivity index (χ3n) is 4.20. The Hall–Kier alpha value is -2.93. The molecule has 1 N–H and O–H groups in total. The zero-order valence-electron chi connectivity index (χ0n) is 16.5. The molecular formula is C21H24N4O2S. The maximum atomic E-state index is 12.5. The van der Waals surface area contributed by atoms with Gasteiger partial charge in [0.05, 0.1) is 6.61 Å². The van der Waals surface area contributed by atoms with E-state index in [1.54, 1.807) is 0 Å². The van der Waals surface area contributed by atoms with Gasteiger partial charge in [-0.2, -0.15) is 0 Å². The second-order valence-corrected chi connectivity index (χ2v) is 7.83. The lowest BCUT2D eigenvalue weighted by molar-refractivity contribution is 0.102. The van der Waals surface area contributed by atoms with Crippen molar-refractivity contribution < 1.29 is 9.53 Å². The molecule has 0 aliphatic rings. The highest BCUT2D eigenvalue weighted by Crippen LogP contribution is 2.21. The summed E-state index contributed by atoms with van der Waals surface area (Å²) in [7, 11) is 3.96. The molecule has 0 saturated carbocycles. The first-order valence-corrected chi connectivity index (χ1v) is 9.85. The van der Waals surface area contributed by atoms with E-state index in [1.807, 2.05) is 75.3 Å². The molecule has 3 aromatic rings. The predicted octanol–water partition coefficient (Wildman–Crippen LogP) is 4.09. The van der Waals surface area contributed by atoms with E-state index in [4.69, 9.17) is 4.74 Å². The summed E-state index contributed by atoms with van der Waals surface area (Å²) in [6.07, 6.45) is 0.637. The monoisotopic (exact) mass is 396 g/mol. The molecule has 28 heavy (non-hydrogen) atoms. The lowest BCUT2D eigenvalue weighted by Crippen LogP contribution is -2.14. The third kappa shape index (κ3) is 5.07. The van der Waals surface area contributed by atoms with Crippen LogP contribution in [0.1, 0.15) is 26.5 Å². The van der Waals surface area contributed by atoms with Crippen molar-refractivity contribution in [1.82, 2.24) is 10.2 Å². The quantitative estimate of drug-likeness (QED) is 0.651. The molecule has 146 valence electrons. The lowest BCUT2D eigenvalue weighted by atomic mass is 10.1. The lowest BCUT2D eigenvalue weighted by Gasteiger charge is -2.16. The van der Waals surface area contributed by atoms with E-state index in [0.29, 0.717) is 23.7 Å². The molecule has 0 aliphatic carbocycles. The van der Waals surface area contributed by atoms with Crippen molar-refractivity contribution in [3.8, 4) is 5.75 Å². The molecule has 0 unspecified atom stereocenters. The van der Waals surface area contributed by atoms with Crippen molar-refractivity contribution in [3.63, 3.8) is 0 Å². The molecule has 0 aliphatic heterocycles. The van der Waals surface area contributed by atoms with Crippen molar-refractivity contribution >= 4 is 28.1 Å².